The quantitative estimate of drug-likeness (QED) is 0.938. The average molecular weight is 301 g/mol. The van der Waals surface area contributed by atoms with Crippen LogP contribution in [0.2, 0.25) is 0 Å². The van der Waals surface area contributed by atoms with Crippen molar-refractivity contribution in [3.05, 3.63) is 30.1 Å². The van der Waals surface area contributed by atoms with Crippen molar-refractivity contribution in [2.45, 2.75) is 13.1 Å². The number of aryl methyl sites for hydroxylation is 1. The van der Waals surface area contributed by atoms with Crippen molar-refractivity contribution in [2.24, 2.45) is 0 Å². The average Bonchev–Trinajstić information content (AvgIpc) is 2.82. The molecule has 10 heteroatoms. The number of hydrogen-bond donors (Lipinski definition) is 1. The Kier molecular flexibility index (Phi) is 4.05. The molecule has 0 bridgehead atoms. The summed E-state index contributed by atoms with van der Waals surface area (Å²) < 4.78 is 41.2. The Morgan fingerprint density at radius 1 is 1.43 bits per heavy atom. The second-order valence-electron chi connectivity index (χ2n) is 4.00. The minimum Gasteiger partial charge on any atom is -0.440 e. The number of nitrogens with one attached hydrogen (secondary N) is 1. The Bertz CT molecular complexity index is 641. The molecular weight excluding hydrogens is 291 g/mol. The van der Waals surface area contributed by atoms with Crippen molar-refractivity contribution in [1.82, 2.24) is 20.2 Å². The Labute approximate surface area is 116 Å². The van der Waals surface area contributed by atoms with Crippen LogP contribution in [-0.4, -0.2) is 39.1 Å². The molecule has 0 atom stereocenters. The lowest BCUT2D eigenvalue weighted by molar-refractivity contribution is -0.159. The summed E-state index contributed by atoms with van der Waals surface area (Å²) in [6, 6.07) is 6.27. The smallest absolute Gasteiger partial charge is 0.422 e. The van der Waals surface area contributed by atoms with Crippen molar-refractivity contribution >= 4 is 11.8 Å². The van der Waals surface area contributed by atoms with Gasteiger partial charge in [-0.15, -0.1) is 5.10 Å². The molecule has 21 heavy (non-hydrogen) atoms. The van der Waals surface area contributed by atoms with Crippen LogP contribution in [0.4, 0.5) is 23.7 Å². The van der Waals surface area contributed by atoms with Gasteiger partial charge in [-0.25, -0.2) is 4.79 Å². The van der Waals surface area contributed by atoms with Gasteiger partial charge in [0.25, 0.3) is 0 Å². The van der Waals surface area contributed by atoms with Gasteiger partial charge in [0.15, 0.2) is 12.4 Å². The van der Waals surface area contributed by atoms with E-state index in [0.717, 1.165) is 0 Å². The minimum atomic E-state index is -4.57. The SMILES string of the molecule is Cc1nnnn1-c1cccc(NC(=O)OCC(F)(F)F)c1. The molecule has 112 valence electrons. The highest BCUT2D eigenvalue weighted by molar-refractivity contribution is 5.85. The molecule has 1 aromatic carbocycles. The predicted molar refractivity (Wildman–Crippen MR) is 64.9 cm³/mol. The molecule has 2 rings (SSSR count). The standard InChI is InChI=1S/C11H10F3N5O2/c1-7-16-17-18-19(7)9-4-2-3-8(5-9)15-10(20)21-6-11(12,13)14/h2-5H,6H2,1H3,(H,15,20). The maximum absolute atomic E-state index is 11.9. The zero-order chi connectivity index (χ0) is 15.5. The van der Waals surface area contributed by atoms with Gasteiger partial charge in [0.2, 0.25) is 0 Å². The van der Waals surface area contributed by atoms with Crippen LogP contribution < -0.4 is 5.32 Å². The zero-order valence-electron chi connectivity index (χ0n) is 10.8. The van der Waals surface area contributed by atoms with Crippen LogP contribution in [0.1, 0.15) is 5.82 Å². The largest absolute Gasteiger partial charge is 0.440 e. The topological polar surface area (TPSA) is 81.9 Å². The van der Waals surface area contributed by atoms with Crippen molar-refractivity contribution in [1.29, 1.82) is 0 Å². The third-order valence-corrected chi connectivity index (χ3v) is 2.33. The van der Waals surface area contributed by atoms with E-state index in [1.54, 1.807) is 19.1 Å². The summed E-state index contributed by atoms with van der Waals surface area (Å²) in [4.78, 5) is 11.2. The lowest BCUT2D eigenvalue weighted by Crippen LogP contribution is -2.23. The molecule has 2 aromatic rings. The molecule has 1 amide bonds. The molecule has 0 saturated carbocycles. The number of amides is 1. The molecule has 0 radical (unpaired) electrons. The molecule has 0 aliphatic rings. The van der Waals surface area contributed by atoms with Gasteiger partial charge in [0.1, 0.15) is 0 Å². The van der Waals surface area contributed by atoms with Gasteiger partial charge in [-0.2, -0.15) is 17.9 Å². The van der Waals surface area contributed by atoms with Crippen LogP contribution in [0.3, 0.4) is 0 Å². The summed E-state index contributed by atoms with van der Waals surface area (Å²) in [5.74, 6) is 0.520. The number of ether oxygens (including phenoxy) is 1. The van der Waals surface area contributed by atoms with Gasteiger partial charge < -0.3 is 4.74 Å². The second kappa shape index (κ2) is 5.77. The second-order valence-corrected chi connectivity index (χ2v) is 4.00. The third kappa shape index (κ3) is 4.16. The molecule has 0 aliphatic heterocycles. The van der Waals surface area contributed by atoms with Crippen molar-refractivity contribution in [3.63, 3.8) is 0 Å². The Balaban J connectivity index is 2.05. The summed E-state index contributed by atoms with van der Waals surface area (Å²) >= 11 is 0. The number of benzene rings is 1. The first-order valence-corrected chi connectivity index (χ1v) is 5.71. The molecule has 7 nitrogen and oxygen atoms in total. The van der Waals surface area contributed by atoms with E-state index in [9.17, 15) is 18.0 Å². The Morgan fingerprint density at radius 3 is 2.81 bits per heavy atom. The van der Waals surface area contributed by atoms with Crippen LogP contribution in [0.15, 0.2) is 24.3 Å². The number of halogens is 3. The summed E-state index contributed by atoms with van der Waals surface area (Å²) in [6.45, 7) is 0.0301. The third-order valence-electron chi connectivity index (χ3n) is 2.33. The number of nitrogens with zero attached hydrogens (tertiary/aromatic N) is 4. The van der Waals surface area contributed by atoms with Gasteiger partial charge in [-0.3, -0.25) is 5.32 Å². The van der Waals surface area contributed by atoms with Crippen LogP contribution >= 0.6 is 0 Å². The van der Waals surface area contributed by atoms with Crippen molar-refractivity contribution in [3.8, 4) is 5.69 Å². The predicted octanol–water partition coefficient (Wildman–Crippen LogP) is 2.08. The molecular formula is C11H10F3N5O2. The van der Waals surface area contributed by atoms with E-state index in [-0.39, 0.29) is 5.69 Å². The first-order valence-electron chi connectivity index (χ1n) is 5.71. The summed E-state index contributed by atoms with van der Waals surface area (Å²) in [5, 5.41) is 13.1. The fourth-order valence-electron chi connectivity index (χ4n) is 1.49. The van der Waals surface area contributed by atoms with E-state index >= 15 is 0 Å². The lowest BCUT2D eigenvalue weighted by Gasteiger charge is -2.10. The highest BCUT2D eigenvalue weighted by Crippen LogP contribution is 2.17. The number of aromatic nitrogens is 4. The number of tetrazole rings is 1. The monoisotopic (exact) mass is 301 g/mol. The maximum Gasteiger partial charge on any atom is 0.422 e. The molecule has 0 saturated heterocycles. The molecule has 1 N–H and O–H groups in total. The maximum atomic E-state index is 11.9. The summed E-state index contributed by atoms with van der Waals surface area (Å²) in [6.07, 6.45) is -5.76. The van der Waals surface area contributed by atoms with Gasteiger partial charge in [0.05, 0.1) is 5.69 Å². The first kappa shape index (κ1) is 14.8. The summed E-state index contributed by atoms with van der Waals surface area (Å²) in [5.41, 5.74) is 0.806. The highest BCUT2D eigenvalue weighted by atomic mass is 19.4. The summed E-state index contributed by atoms with van der Waals surface area (Å²) in [7, 11) is 0. The number of rotatable bonds is 3. The van der Waals surface area contributed by atoms with Crippen molar-refractivity contribution < 1.29 is 22.7 Å². The molecule has 0 aliphatic carbocycles. The van der Waals surface area contributed by atoms with Gasteiger partial charge in [-0.1, -0.05) is 6.07 Å². The molecule has 1 heterocycles. The molecule has 0 spiro atoms. The lowest BCUT2D eigenvalue weighted by atomic mass is 10.3. The Morgan fingerprint density at radius 2 is 2.19 bits per heavy atom. The number of carbonyl (C=O) groups excluding carboxylic acids is 1. The number of hydrogen-bond acceptors (Lipinski definition) is 5. The van der Waals surface area contributed by atoms with E-state index in [4.69, 9.17) is 0 Å². The fourth-order valence-corrected chi connectivity index (χ4v) is 1.49. The highest BCUT2D eigenvalue weighted by Gasteiger charge is 2.29. The van der Waals surface area contributed by atoms with Gasteiger partial charge in [0, 0.05) is 5.69 Å². The van der Waals surface area contributed by atoms with Gasteiger partial charge >= 0.3 is 12.3 Å². The van der Waals surface area contributed by atoms with Crippen molar-refractivity contribution in [2.75, 3.05) is 11.9 Å². The van der Waals surface area contributed by atoms with Crippen LogP contribution in [0.25, 0.3) is 5.69 Å². The van der Waals surface area contributed by atoms with E-state index in [2.05, 4.69) is 25.6 Å². The number of alkyl halides is 3. The fraction of sp³-hybridized carbons (Fsp3) is 0.273. The number of anilines is 1. The minimum absolute atomic E-state index is 0.259. The zero-order valence-corrected chi connectivity index (χ0v) is 10.8. The first-order chi connectivity index (χ1) is 9.85. The van der Waals surface area contributed by atoms with Crippen LogP contribution in [0, 0.1) is 6.92 Å². The van der Waals surface area contributed by atoms with Gasteiger partial charge in [-0.05, 0) is 35.5 Å². The van der Waals surface area contributed by atoms with E-state index < -0.39 is 18.9 Å². The van der Waals surface area contributed by atoms with E-state index in [1.807, 2.05) is 0 Å². The molecule has 0 fully saturated rings. The molecule has 0 unspecified atom stereocenters. The van der Waals surface area contributed by atoms with E-state index in [1.165, 1.54) is 16.8 Å². The van der Waals surface area contributed by atoms with E-state index in [0.29, 0.717) is 11.5 Å². The normalized spacial score (nSPS) is 11.2. The molecule has 1 aromatic heterocycles. The Hall–Kier alpha value is -2.65. The van der Waals surface area contributed by atoms with Crippen LogP contribution in [-0.2, 0) is 4.74 Å². The van der Waals surface area contributed by atoms with Crippen LogP contribution in [0.5, 0.6) is 0 Å². The number of carbonyl (C=O) groups is 1.